The van der Waals surface area contributed by atoms with Crippen molar-refractivity contribution in [3.8, 4) is 0 Å². The van der Waals surface area contributed by atoms with E-state index in [0.29, 0.717) is 0 Å². The monoisotopic (exact) mass is 502 g/mol. The van der Waals surface area contributed by atoms with Crippen molar-refractivity contribution < 1.29 is 0 Å². The van der Waals surface area contributed by atoms with Gasteiger partial charge in [0.05, 0.1) is 0 Å². The first-order valence-corrected chi connectivity index (χ1v) is 10.3. The average molecular weight is 502 g/mol. The molecule has 0 aliphatic carbocycles. The summed E-state index contributed by atoms with van der Waals surface area (Å²) in [6, 6.07) is 1.86. The van der Waals surface area contributed by atoms with Gasteiger partial charge < -0.3 is 20.4 Å². The van der Waals surface area contributed by atoms with E-state index in [-0.39, 0.29) is 24.0 Å². The lowest BCUT2D eigenvalue weighted by atomic mass is 10.1. The number of hydrogen-bond donors (Lipinski definition) is 2. The molecule has 2 saturated heterocycles. The number of nitrogens with zero attached hydrogens (tertiary/aromatic N) is 6. The Balaban J connectivity index is 0.00000280. The summed E-state index contributed by atoms with van der Waals surface area (Å²) in [5.41, 5.74) is 0. The third kappa shape index (κ3) is 7.67. The van der Waals surface area contributed by atoms with E-state index >= 15 is 0 Å². The quantitative estimate of drug-likeness (QED) is 0.326. The molecular weight excluding hydrogens is 467 g/mol. The minimum atomic E-state index is 0. The number of anilines is 1. The third-order valence-corrected chi connectivity index (χ3v) is 5.32. The van der Waals surface area contributed by atoms with Crippen molar-refractivity contribution in [2.45, 2.75) is 19.3 Å². The van der Waals surface area contributed by atoms with Crippen molar-refractivity contribution in [1.29, 1.82) is 0 Å². The maximum absolute atomic E-state index is 4.34. The first-order chi connectivity index (χ1) is 13.3. The van der Waals surface area contributed by atoms with E-state index in [1.54, 1.807) is 0 Å². The highest BCUT2D eigenvalue weighted by Crippen LogP contribution is 2.09. The van der Waals surface area contributed by atoms with Crippen LogP contribution in [0.4, 0.5) is 5.95 Å². The first-order valence-electron chi connectivity index (χ1n) is 10.3. The first kappa shape index (κ1) is 23.1. The summed E-state index contributed by atoms with van der Waals surface area (Å²) < 4.78 is 0. The van der Waals surface area contributed by atoms with Crippen LogP contribution in [0.3, 0.4) is 0 Å². The van der Waals surface area contributed by atoms with Crippen molar-refractivity contribution in [3.63, 3.8) is 0 Å². The molecule has 0 atom stereocenters. The van der Waals surface area contributed by atoms with E-state index in [2.05, 4.69) is 40.3 Å². The fraction of sp³-hybridized carbons (Fsp3) is 0.737. The summed E-state index contributed by atoms with van der Waals surface area (Å²) in [5.74, 6) is 1.75. The maximum Gasteiger partial charge on any atom is 0.225 e. The zero-order valence-electron chi connectivity index (χ0n) is 17.0. The van der Waals surface area contributed by atoms with Crippen molar-refractivity contribution in [2.75, 3.05) is 77.4 Å². The molecule has 0 radical (unpaired) electrons. The number of piperazine rings is 1. The van der Waals surface area contributed by atoms with Crippen molar-refractivity contribution in [1.82, 2.24) is 30.4 Å². The second-order valence-corrected chi connectivity index (χ2v) is 7.21. The summed E-state index contributed by atoms with van der Waals surface area (Å²) in [6.07, 6.45) is 7.69. The molecule has 0 bridgehead atoms. The van der Waals surface area contributed by atoms with Gasteiger partial charge in [-0.3, -0.25) is 9.89 Å². The topological polar surface area (TPSA) is 71.9 Å². The van der Waals surface area contributed by atoms with Crippen molar-refractivity contribution in [3.05, 3.63) is 18.5 Å². The Kier molecular flexibility index (Phi) is 10.8. The Morgan fingerprint density at radius 1 is 0.893 bits per heavy atom. The van der Waals surface area contributed by atoms with Gasteiger partial charge in [0.25, 0.3) is 0 Å². The number of likely N-dealkylation sites (tertiary alicyclic amines) is 1. The predicted octanol–water partition coefficient (Wildman–Crippen LogP) is 0.868. The Bertz CT molecular complexity index is 556. The van der Waals surface area contributed by atoms with E-state index in [9.17, 15) is 0 Å². The van der Waals surface area contributed by atoms with Gasteiger partial charge in [-0.05, 0) is 32.0 Å². The molecule has 2 fully saturated rings. The molecule has 0 unspecified atom stereocenters. The molecular formula is C19H35IN8. The minimum Gasteiger partial charge on any atom is -0.355 e. The van der Waals surface area contributed by atoms with Crippen LogP contribution in [0, 0.1) is 0 Å². The molecule has 3 rings (SSSR count). The van der Waals surface area contributed by atoms with E-state index < -0.39 is 0 Å². The molecule has 0 amide bonds. The van der Waals surface area contributed by atoms with Crippen LogP contribution in [0.5, 0.6) is 0 Å². The molecule has 0 spiro atoms. The fourth-order valence-electron chi connectivity index (χ4n) is 3.69. The summed E-state index contributed by atoms with van der Waals surface area (Å²) in [7, 11) is 1.84. The van der Waals surface area contributed by atoms with Crippen LogP contribution in [0.25, 0.3) is 0 Å². The van der Waals surface area contributed by atoms with Gasteiger partial charge in [-0.2, -0.15) is 0 Å². The number of aliphatic imine (C=N–C) groups is 1. The zero-order chi connectivity index (χ0) is 18.7. The van der Waals surface area contributed by atoms with Gasteiger partial charge in [0.15, 0.2) is 5.96 Å². The second-order valence-electron chi connectivity index (χ2n) is 7.21. The fourth-order valence-corrected chi connectivity index (χ4v) is 3.69. The molecule has 2 N–H and O–H groups in total. The van der Waals surface area contributed by atoms with Gasteiger partial charge in [-0.1, -0.05) is 6.42 Å². The minimum absolute atomic E-state index is 0. The van der Waals surface area contributed by atoms with Crippen LogP contribution in [0.1, 0.15) is 19.3 Å². The lowest BCUT2D eigenvalue weighted by Gasteiger charge is -2.34. The van der Waals surface area contributed by atoms with Gasteiger partial charge in [0.2, 0.25) is 5.95 Å². The molecule has 158 valence electrons. The van der Waals surface area contributed by atoms with Gasteiger partial charge in [0.1, 0.15) is 0 Å². The lowest BCUT2D eigenvalue weighted by Crippen LogP contribution is -2.50. The molecule has 0 saturated carbocycles. The smallest absolute Gasteiger partial charge is 0.225 e. The van der Waals surface area contributed by atoms with Crippen LogP contribution in [0.15, 0.2) is 23.5 Å². The van der Waals surface area contributed by atoms with E-state index in [4.69, 9.17) is 0 Å². The normalized spacial score (nSPS) is 19.2. The maximum atomic E-state index is 4.34. The third-order valence-electron chi connectivity index (χ3n) is 5.32. The largest absolute Gasteiger partial charge is 0.355 e. The Morgan fingerprint density at radius 3 is 2.04 bits per heavy atom. The summed E-state index contributed by atoms with van der Waals surface area (Å²) >= 11 is 0. The molecule has 9 heteroatoms. The number of halogens is 1. The standard InChI is InChI=1S/C19H34N8.HI/c1-20-18(21-8-12-25-10-3-2-4-11-25)22-9-13-26-14-16-27(17-15-26)19-23-6-5-7-24-19;/h5-7H,2-4,8-17H2,1H3,(H2,20,21,22);1H. The van der Waals surface area contributed by atoms with Crippen LogP contribution < -0.4 is 15.5 Å². The van der Waals surface area contributed by atoms with E-state index in [1.165, 1.54) is 32.4 Å². The van der Waals surface area contributed by atoms with Crippen LogP contribution >= 0.6 is 24.0 Å². The van der Waals surface area contributed by atoms with Gasteiger partial charge in [-0.25, -0.2) is 9.97 Å². The van der Waals surface area contributed by atoms with Gasteiger partial charge in [-0.15, -0.1) is 24.0 Å². The molecule has 2 aliphatic heterocycles. The number of piperidine rings is 1. The molecule has 1 aromatic heterocycles. The summed E-state index contributed by atoms with van der Waals surface area (Å²) in [4.78, 5) is 20.3. The zero-order valence-corrected chi connectivity index (χ0v) is 19.3. The number of guanidine groups is 1. The van der Waals surface area contributed by atoms with Crippen molar-refractivity contribution in [2.24, 2.45) is 4.99 Å². The number of rotatable bonds is 7. The molecule has 3 heterocycles. The average Bonchev–Trinajstić information content (AvgIpc) is 2.74. The number of nitrogens with one attached hydrogen (secondary N) is 2. The molecule has 0 aromatic carbocycles. The number of hydrogen-bond acceptors (Lipinski definition) is 6. The Hall–Kier alpha value is -1.20. The molecule has 1 aromatic rings. The van der Waals surface area contributed by atoms with Crippen LogP contribution in [0.2, 0.25) is 0 Å². The van der Waals surface area contributed by atoms with Crippen LogP contribution in [-0.4, -0.2) is 98.2 Å². The Labute approximate surface area is 186 Å². The molecule has 28 heavy (non-hydrogen) atoms. The highest BCUT2D eigenvalue weighted by molar-refractivity contribution is 14.0. The predicted molar refractivity (Wildman–Crippen MR) is 126 cm³/mol. The molecule has 2 aliphatic rings. The second kappa shape index (κ2) is 13.1. The highest BCUT2D eigenvalue weighted by atomic mass is 127. The van der Waals surface area contributed by atoms with Crippen LogP contribution in [-0.2, 0) is 0 Å². The summed E-state index contributed by atoms with van der Waals surface area (Å²) in [6.45, 7) is 10.5. The van der Waals surface area contributed by atoms with E-state index in [1.807, 2.05) is 25.5 Å². The van der Waals surface area contributed by atoms with E-state index in [0.717, 1.165) is 64.3 Å². The lowest BCUT2D eigenvalue weighted by molar-refractivity contribution is 0.232. The Morgan fingerprint density at radius 2 is 1.46 bits per heavy atom. The highest BCUT2D eigenvalue weighted by Gasteiger charge is 2.18. The van der Waals surface area contributed by atoms with Gasteiger partial charge in [0, 0.05) is 71.8 Å². The summed E-state index contributed by atoms with van der Waals surface area (Å²) in [5, 5.41) is 6.87. The van der Waals surface area contributed by atoms with Gasteiger partial charge >= 0.3 is 0 Å². The molecule has 8 nitrogen and oxygen atoms in total. The SMILES string of the molecule is CN=C(NCCN1CCCCC1)NCCN1CCN(c2ncccn2)CC1.I. The van der Waals surface area contributed by atoms with Crippen molar-refractivity contribution >= 4 is 35.9 Å². The number of aromatic nitrogens is 2.